The maximum atomic E-state index is 14.9. The lowest BCUT2D eigenvalue weighted by Gasteiger charge is -2.12. The maximum Gasteiger partial charge on any atom is 0.233 e. The lowest BCUT2D eigenvalue weighted by Crippen LogP contribution is -2.08. The first-order chi connectivity index (χ1) is 16.6. The van der Waals surface area contributed by atoms with Crippen LogP contribution >= 0.6 is 0 Å². The maximum absolute atomic E-state index is 14.9. The van der Waals surface area contributed by atoms with Crippen molar-refractivity contribution in [2.75, 3.05) is 13.2 Å². The van der Waals surface area contributed by atoms with Crippen LogP contribution in [0, 0.1) is 5.82 Å². The molecule has 0 radical (unpaired) electrons. The smallest absolute Gasteiger partial charge is 0.233 e. The van der Waals surface area contributed by atoms with Crippen LogP contribution in [0.4, 0.5) is 4.39 Å². The molecule has 0 aliphatic rings. The van der Waals surface area contributed by atoms with Crippen molar-refractivity contribution in [2.45, 2.75) is 58.5 Å². The zero-order valence-electron chi connectivity index (χ0n) is 20.3. The van der Waals surface area contributed by atoms with Crippen molar-refractivity contribution < 1.29 is 13.9 Å². The summed E-state index contributed by atoms with van der Waals surface area (Å²) in [6.45, 7) is 9.19. The highest BCUT2D eigenvalue weighted by Gasteiger charge is 2.08. The van der Waals surface area contributed by atoms with Gasteiger partial charge in [-0.3, -0.25) is 0 Å². The van der Waals surface area contributed by atoms with Crippen LogP contribution in [0.25, 0.3) is 28.2 Å². The van der Waals surface area contributed by atoms with Gasteiger partial charge in [0.1, 0.15) is 12.4 Å². The molecular formula is C29H35FN2O2. The van der Waals surface area contributed by atoms with Crippen molar-refractivity contribution in [3.05, 3.63) is 72.7 Å². The normalized spacial score (nSPS) is 12.3. The summed E-state index contributed by atoms with van der Waals surface area (Å²) < 4.78 is 26.1. The van der Waals surface area contributed by atoms with Crippen LogP contribution in [0.1, 0.15) is 57.9 Å². The number of halogens is 1. The molecule has 0 aliphatic carbocycles. The van der Waals surface area contributed by atoms with Crippen LogP contribution in [0.3, 0.4) is 0 Å². The van der Waals surface area contributed by atoms with Crippen LogP contribution in [0.5, 0.6) is 5.88 Å². The van der Waals surface area contributed by atoms with Crippen LogP contribution < -0.4 is 4.74 Å². The molecule has 0 spiro atoms. The molecule has 34 heavy (non-hydrogen) atoms. The van der Waals surface area contributed by atoms with E-state index in [9.17, 15) is 4.39 Å². The number of ether oxygens (including phenoxy) is 2. The molecule has 3 rings (SSSR count). The zero-order valence-corrected chi connectivity index (χ0v) is 20.3. The summed E-state index contributed by atoms with van der Waals surface area (Å²) in [5, 5.41) is 0. The first-order valence-corrected chi connectivity index (χ1v) is 12.2. The number of hydrogen-bond donors (Lipinski definition) is 0. The molecule has 3 aromatic rings. The minimum Gasteiger partial charge on any atom is -0.472 e. The number of fused-ring (bicyclic) bond motifs is 1. The van der Waals surface area contributed by atoms with E-state index in [-0.39, 0.29) is 5.82 Å². The summed E-state index contributed by atoms with van der Waals surface area (Å²) >= 11 is 0. The van der Waals surface area contributed by atoms with Crippen molar-refractivity contribution in [1.82, 2.24) is 9.97 Å². The van der Waals surface area contributed by atoms with Gasteiger partial charge in [-0.05, 0) is 61.9 Å². The SMILES string of the molecule is C=CCOc1cnc2cc(-c3ccc(/C=C/CCCC(C)OCCCCC)cc3F)ccc2n1. The summed E-state index contributed by atoms with van der Waals surface area (Å²) in [6, 6.07) is 10.9. The predicted octanol–water partition coefficient (Wildman–Crippen LogP) is 7.78. The van der Waals surface area contributed by atoms with Gasteiger partial charge in [0.25, 0.3) is 0 Å². The van der Waals surface area contributed by atoms with Gasteiger partial charge in [0, 0.05) is 12.2 Å². The van der Waals surface area contributed by atoms with Crippen molar-refractivity contribution in [2.24, 2.45) is 0 Å². The Hall–Kier alpha value is -3.05. The van der Waals surface area contributed by atoms with Crippen molar-refractivity contribution in [3.8, 4) is 17.0 Å². The second-order valence-corrected chi connectivity index (χ2v) is 8.47. The Morgan fingerprint density at radius 1 is 1.09 bits per heavy atom. The number of allylic oxidation sites excluding steroid dienone is 1. The van der Waals surface area contributed by atoms with E-state index in [1.807, 2.05) is 36.4 Å². The third-order valence-corrected chi connectivity index (χ3v) is 5.62. The Labute approximate surface area is 202 Å². The molecule has 1 heterocycles. The largest absolute Gasteiger partial charge is 0.472 e. The van der Waals surface area contributed by atoms with E-state index >= 15 is 0 Å². The molecule has 0 aliphatic heterocycles. The van der Waals surface area contributed by atoms with Crippen LogP contribution in [-0.4, -0.2) is 29.3 Å². The number of unbranched alkanes of at least 4 members (excludes halogenated alkanes) is 3. The van der Waals surface area contributed by atoms with E-state index in [2.05, 4.69) is 36.5 Å². The summed E-state index contributed by atoms with van der Waals surface area (Å²) in [5.41, 5.74) is 3.56. The molecule has 1 unspecified atom stereocenters. The first-order valence-electron chi connectivity index (χ1n) is 12.2. The first kappa shape index (κ1) is 25.6. The molecule has 0 fully saturated rings. The van der Waals surface area contributed by atoms with E-state index in [0.717, 1.165) is 43.4 Å². The minimum atomic E-state index is -0.255. The highest BCUT2D eigenvalue weighted by Crippen LogP contribution is 2.27. The summed E-state index contributed by atoms with van der Waals surface area (Å²) in [4.78, 5) is 8.82. The van der Waals surface area contributed by atoms with Gasteiger partial charge in [-0.25, -0.2) is 14.4 Å². The van der Waals surface area contributed by atoms with Crippen molar-refractivity contribution in [3.63, 3.8) is 0 Å². The third kappa shape index (κ3) is 7.77. The van der Waals surface area contributed by atoms with Gasteiger partial charge in [0.15, 0.2) is 0 Å². The Morgan fingerprint density at radius 2 is 1.97 bits per heavy atom. The second kappa shape index (κ2) is 13.6. The molecule has 1 aromatic heterocycles. The van der Waals surface area contributed by atoms with Gasteiger partial charge in [-0.2, -0.15) is 0 Å². The molecule has 1 atom stereocenters. The number of benzene rings is 2. The molecule has 2 aromatic carbocycles. The fourth-order valence-corrected chi connectivity index (χ4v) is 3.71. The van der Waals surface area contributed by atoms with Crippen LogP contribution in [0.2, 0.25) is 0 Å². The molecule has 0 saturated carbocycles. The predicted molar refractivity (Wildman–Crippen MR) is 138 cm³/mol. The van der Waals surface area contributed by atoms with Crippen LogP contribution in [-0.2, 0) is 4.74 Å². The average molecular weight is 463 g/mol. The average Bonchev–Trinajstić information content (AvgIpc) is 2.85. The second-order valence-electron chi connectivity index (χ2n) is 8.47. The summed E-state index contributed by atoms with van der Waals surface area (Å²) in [7, 11) is 0. The van der Waals surface area contributed by atoms with E-state index in [0.29, 0.717) is 35.2 Å². The minimum absolute atomic E-state index is 0.255. The lowest BCUT2D eigenvalue weighted by atomic mass is 10.0. The highest BCUT2D eigenvalue weighted by molar-refractivity contribution is 5.82. The van der Waals surface area contributed by atoms with E-state index in [1.54, 1.807) is 18.3 Å². The molecule has 0 bridgehead atoms. The highest BCUT2D eigenvalue weighted by atomic mass is 19.1. The van der Waals surface area contributed by atoms with Gasteiger partial charge < -0.3 is 9.47 Å². The van der Waals surface area contributed by atoms with Crippen LogP contribution in [0.15, 0.2) is 61.3 Å². The van der Waals surface area contributed by atoms with Gasteiger partial charge in [0.2, 0.25) is 5.88 Å². The molecular weight excluding hydrogens is 427 g/mol. The fraction of sp³-hybridized carbons (Fsp3) is 0.379. The third-order valence-electron chi connectivity index (χ3n) is 5.62. The molecule has 5 heteroatoms. The number of hydrogen-bond acceptors (Lipinski definition) is 4. The zero-order chi connectivity index (χ0) is 24.2. The van der Waals surface area contributed by atoms with E-state index in [4.69, 9.17) is 9.47 Å². The van der Waals surface area contributed by atoms with Gasteiger partial charge in [-0.1, -0.05) is 62.8 Å². The van der Waals surface area contributed by atoms with E-state index < -0.39 is 0 Å². The molecule has 0 N–H and O–H groups in total. The number of nitrogens with zero attached hydrogens (tertiary/aromatic N) is 2. The molecule has 4 nitrogen and oxygen atoms in total. The molecule has 180 valence electrons. The molecule has 0 amide bonds. The Morgan fingerprint density at radius 3 is 2.76 bits per heavy atom. The number of rotatable bonds is 14. The topological polar surface area (TPSA) is 44.2 Å². The Kier molecular flexibility index (Phi) is 10.2. The standard InChI is InChI=1S/C29H35FN2O2/c1-4-6-10-18-33-22(3)11-8-7-9-12-23-13-15-25(26(30)19-23)24-14-16-27-28(20-24)31-21-29(32-27)34-17-5-2/h5,9,12-16,19-22H,2,4,6-8,10-11,17-18H2,1,3H3/b12-9+. The number of aromatic nitrogens is 2. The monoisotopic (exact) mass is 462 g/mol. The van der Waals surface area contributed by atoms with Crippen molar-refractivity contribution in [1.29, 1.82) is 0 Å². The van der Waals surface area contributed by atoms with Gasteiger partial charge >= 0.3 is 0 Å². The lowest BCUT2D eigenvalue weighted by molar-refractivity contribution is 0.0566. The molecule has 0 saturated heterocycles. The van der Waals surface area contributed by atoms with Gasteiger partial charge in [0.05, 0.1) is 23.3 Å². The Bertz CT molecular complexity index is 1100. The quantitative estimate of drug-likeness (QED) is 0.181. The summed E-state index contributed by atoms with van der Waals surface area (Å²) in [6.07, 6.45) is 14.2. The summed E-state index contributed by atoms with van der Waals surface area (Å²) in [5.74, 6) is 0.186. The van der Waals surface area contributed by atoms with Crippen molar-refractivity contribution >= 4 is 17.1 Å². The Balaban J connectivity index is 1.55. The fourth-order valence-electron chi connectivity index (χ4n) is 3.71. The van der Waals surface area contributed by atoms with E-state index in [1.165, 1.54) is 12.8 Å². The van der Waals surface area contributed by atoms with Gasteiger partial charge in [-0.15, -0.1) is 0 Å².